The van der Waals surface area contributed by atoms with Gasteiger partial charge < -0.3 is 5.32 Å². The summed E-state index contributed by atoms with van der Waals surface area (Å²) >= 11 is 0. The van der Waals surface area contributed by atoms with Crippen LogP contribution in [0.2, 0.25) is 0 Å². The Balaban J connectivity index is 2.12. The van der Waals surface area contributed by atoms with E-state index in [2.05, 4.69) is 27.2 Å². The molecular formula is C18H17FN4. The van der Waals surface area contributed by atoms with Crippen molar-refractivity contribution in [2.24, 2.45) is 0 Å². The lowest BCUT2D eigenvalue weighted by molar-refractivity contribution is 0.628. The first-order chi connectivity index (χ1) is 11.3. The largest absolute Gasteiger partial charge is 0.354 e. The summed E-state index contributed by atoms with van der Waals surface area (Å²) in [5, 5.41) is 3.17. The van der Waals surface area contributed by atoms with Crippen LogP contribution in [0, 0.1) is 5.82 Å². The Bertz CT molecular complexity index is 790. The van der Waals surface area contributed by atoms with Crippen LogP contribution in [-0.2, 0) is 0 Å². The van der Waals surface area contributed by atoms with Crippen molar-refractivity contribution >= 4 is 5.95 Å². The maximum atomic E-state index is 13.6. The van der Waals surface area contributed by atoms with Crippen LogP contribution in [0.25, 0.3) is 22.4 Å². The van der Waals surface area contributed by atoms with Crippen LogP contribution in [0.3, 0.4) is 0 Å². The van der Waals surface area contributed by atoms with Gasteiger partial charge in [-0.2, -0.15) is 0 Å². The summed E-state index contributed by atoms with van der Waals surface area (Å²) < 4.78 is 13.6. The maximum Gasteiger partial charge on any atom is 0.223 e. The third-order valence-electron chi connectivity index (χ3n) is 3.41. The summed E-state index contributed by atoms with van der Waals surface area (Å²) in [6, 6.07) is 10.2. The van der Waals surface area contributed by atoms with Crippen LogP contribution >= 0.6 is 0 Å². The molecule has 0 amide bonds. The number of halogens is 1. The van der Waals surface area contributed by atoms with E-state index >= 15 is 0 Å². The molecule has 0 atom stereocenters. The summed E-state index contributed by atoms with van der Waals surface area (Å²) in [6.45, 7) is 2.86. The van der Waals surface area contributed by atoms with Gasteiger partial charge in [-0.3, -0.25) is 4.98 Å². The molecular weight excluding hydrogens is 291 g/mol. The molecule has 2 heterocycles. The standard InChI is InChI=1S/C18H17FN4/c1-2-8-21-18-22-12-16(13-6-9-20-10-7-13)17(23-18)14-4-3-5-15(19)11-14/h3-7,9-12H,2,8H2,1H3,(H,21,22,23). The highest BCUT2D eigenvalue weighted by Gasteiger charge is 2.12. The van der Waals surface area contributed by atoms with Gasteiger partial charge in [0.05, 0.1) is 5.69 Å². The Hall–Kier alpha value is -2.82. The third kappa shape index (κ3) is 3.51. The fourth-order valence-electron chi connectivity index (χ4n) is 2.30. The van der Waals surface area contributed by atoms with Gasteiger partial charge in [-0.15, -0.1) is 0 Å². The molecule has 5 heteroatoms. The van der Waals surface area contributed by atoms with Crippen molar-refractivity contribution in [3.8, 4) is 22.4 Å². The molecule has 2 aromatic heterocycles. The van der Waals surface area contributed by atoms with Gasteiger partial charge in [-0.25, -0.2) is 14.4 Å². The predicted octanol–water partition coefficient (Wildman–Crippen LogP) is 4.17. The van der Waals surface area contributed by atoms with Crippen LogP contribution in [-0.4, -0.2) is 21.5 Å². The van der Waals surface area contributed by atoms with Crippen LogP contribution in [0.15, 0.2) is 55.0 Å². The number of pyridine rings is 1. The highest BCUT2D eigenvalue weighted by molar-refractivity contribution is 5.80. The van der Waals surface area contributed by atoms with Crippen molar-refractivity contribution in [2.45, 2.75) is 13.3 Å². The zero-order valence-electron chi connectivity index (χ0n) is 12.8. The van der Waals surface area contributed by atoms with Gasteiger partial charge in [0.15, 0.2) is 0 Å². The zero-order valence-corrected chi connectivity index (χ0v) is 12.8. The molecule has 0 spiro atoms. The van der Waals surface area contributed by atoms with E-state index in [0.717, 1.165) is 29.7 Å². The van der Waals surface area contributed by atoms with E-state index in [1.165, 1.54) is 12.1 Å². The lowest BCUT2D eigenvalue weighted by Crippen LogP contribution is -2.05. The topological polar surface area (TPSA) is 50.7 Å². The van der Waals surface area contributed by atoms with Crippen LogP contribution in [0.4, 0.5) is 10.3 Å². The van der Waals surface area contributed by atoms with Gasteiger partial charge in [-0.05, 0) is 36.2 Å². The second-order valence-electron chi connectivity index (χ2n) is 5.13. The predicted molar refractivity (Wildman–Crippen MR) is 89.4 cm³/mol. The molecule has 0 aliphatic heterocycles. The lowest BCUT2D eigenvalue weighted by Gasteiger charge is -2.11. The SMILES string of the molecule is CCCNc1ncc(-c2ccncc2)c(-c2cccc(F)c2)n1. The van der Waals surface area contributed by atoms with Gasteiger partial charge in [-0.1, -0.05) is 19.1 Å². The number of aromatic nitrogens is 3. The second kappa shape index (κ2) is 6.96. The summed E-state index contributed by atoms with van der Waals surface area (Å²) in [7, 11) is 0. The van der Waals surface area contributed by atoms with Crippen molar-refractivity contribution in [2.75, 3.05) is 11.9 Å². The number of nitrogens with zero attached hydrogens (tertiary/aromatic N) is 3. The van der Waals surface area contributed by atoms with Crippen molar-refractivity contribution in [1.82, 2.24) is 15.0 Å². The minimum absolute atomic E-state index is 0.287. The van der Waals surface area contributed by atoms with Gasteiger partial charge in [0, 0.05) is 36.3 Å². The van der Waals surface area contributed by atoms with Gasteiger partial charge in [0.2, 0.25) is 5.95 Å². The van der Waals surface area contributed by atoms with Gasteiger partial charge >= 0.3 is 0 Å². The molecule has 3 aromatic rings. The van der Waals surface area contributed by atoms with E-state index in [1.54, 1.807) is 24.7 Å². The van der Waals surface area contributed by atoms with Crippen LogP contribution in [0.1, 0.15) is 13.3 Å². The molecule has 0 saturated carbocycles. The Kier molecular flexibility index (Phi) is 4.57. The number of hydrogen-bond acceptors (Lipinski definition) is 4. The fourth-order valence-corrected chi connectivity index (χ4v) is 2.30. The van der Waals surface area contributed by atoms with E-state index in [1.807, 2.05) is 18.2 Å². The summed E-state index contributed by atoms with van der Waals surface area (Å²) in [4.78, 5) is 13.0. The lowest BCUT2D eigenvalue weighted by atomic mass is 10.0. The van der Waals surface area contributed by atoms with Crippen LogP contribution < -0.4 is 5.32 Å². The van der Waals surface area contributed by atoms with Crippen molar-refractivity contribution in [1.29, 1.82) is 0 Å². The zero-order chi connectivity index (χ0) is 16.1. The minimum atomic E-state index is -0.287. The molecule has 0 fully saturated rings. The average molecular weight is 308 g/mol. The Morgan fingerprint density at radius 1 is 1.09 bits per heavy atom. The molecule has 116 valence electrons. The number of anilines is 1. The molecule has 0 aliphatic carbocycles. The summed E-state index contributed by atoms with van der Waals surface area (Å²) in [5.41, 5.74) is 3.21. The Labute approximate surface area is 134 Å². The molecule has 4 nitrogen and oxygen atoms in total. The summed E-state index contributed by atoms with van der Waals surface area (Å²) in [6.07, 6.45) is 6.17. The van der Waals surface area contributed by atoms with Crippen LogP contribution in [0.5, 0.6) is 0 Å². The van der Waals surface area contributed by atoms with Gasteiger partial charge in [0.25, 0.3) is 0 Å². The molecule has 0 bridgehead atoms. The van der Waals surface area contributed by atoms with E-state index in [0.29, 0.717) is 11.6 Å². The molecule has 0 aliphatic rings. The Morgan fingerprint density at radius 2 is 1.91 bits per heavy atom. The molecule has 0 unspecified atom stereocenters. The average Bonchev–Trinajstić information content (AvgIpc) is 2.60. The molecule has 0 radical (unpaired) electrons. The van der Waals surface area contributed by atoms with E-state index in [4.69, 9.17) is 0 Å². The summed E-state index contributed by atoms with van der Waals surface area (Å²) in [5.74, 6) is 0.258. The number of hydrogen-bond donors (Lipinski definition) is 1. The number of nitrogens with one attached hydrogen (secondary N) is 1. The van der Waals surface area contributed by atoms with Crippen molar-refractivity contribution in [3.05, 3.63) is 60.8 Å². The molecule has 3 rings (SSSR count). The first-order valence-corrected chi connectivity index (χ1v) is 7.55. The number of benzene rings is 1. The highest BCUT2D eigenvalue weighted by Crippen LogP contribution is 2.30. The maximum absolute atomic E-state index is 13.6. The molecule has 0 saturated heterocycles. The fraction of sp³-hybridized carbons (Fsp3) is 0.167. The van der Waals surface area contributed by atoms with Gasteiger partial charge in [0.1, 0.15) is 5.82 Å². The third-order valence-corrected chi connectivity index (χ3v) is 3.41. The first kappa shape index (κ1) is 15.1. The Morgan fingerprint density at radius 3 is 2.65 bits per heavy atom. The number of rotatable bonds is 5. The normalized spacial score (nSPS) is 10.5. The van der Waals surface area contributed by atoms with Crippen molar-refractivity contribution < 1.29 is 4.39 Å². The first-order valence-electron chi connectivity index (χ1n) is 7.55. The molecule has 23 heavy (non-hydrogen) atoms. The minimum Gasteiger partial charge on any atom is -0.354 e. The quantitative estimate of drug-likeness (QED) is 0.768. The highest BCUT2D eigenvalue weighted by atomic mass is 19.1. The second-order valence-corrected chi connectivity index (χ2v) is 5.13. The van der Waals surface area contributed by atoms with E-state index < -0.39 is 0 Å². The smallest absolute Gasteiger partial charge is 0.223 e. The molecule has 1 aromatic carbocycles. The monoisotopic (exact) mass is 308 g/mol. The van der Waals surface area contributed by atoms with E-state index in [-0.39, 0.29) is 5.82 Å². The molecule has 1 N–H and O–H groups in total. The van der Waals surface area contributed by atoms with E-state index in [9.17, 15) is 4.39 Å². The van der Waals surface area contributed by atoms with Crippen molar-refractivity contribution in [3.63, 3.8) is 0 Å².